The number of para-hydroxylation sites is 1. The van der Waals surface area contributed by atoms with E-state index < -0.39 is 5.97 Å². The predicted molar refractivity (Wildman–Crippen MR) is 103 cm³/mol. The SMILES string of the molecule is CCCCOc1cc(C2CCCN2)c(F)c(C)c1C(=O)Oc1ccccc1. The van der Waals surface area contributed by atoms with Crippen LogP contribution in [0.15, 0.2) is 36.4 Å². The van der Waals surface area contributed by atoms with E-state index >= 15 is 4.39 Å². The number of benzene rings is 2. The number of halogens is 1. The fourth-order valence-corrected chi connectivity index (χ4v) is 3.33. The minimum Gasteiger partial charge on any atom is -0.493 e. The third-order valence-corrected chi connectivity index (χ3v) is 4.84. The minimum absolute atomic E-state index is 0.0450. The van der Waals surface area contributed by atoms with Gasteiger partial charge in [-0.25, -0.2) is 9.18 Å². The number of nitrogens with one attached hydrogen (secondary N) is 1. The van der Waals surface area contributed by atoms with Gasteiger partial charge in [0.1, 0.15) is 22.9 Å². The topological polar surface area (TPSA) is 47.6 Å². The second-order valence-electron chi connectivity index (χ2n) is 6.83. The van der Waals surface area contributed by atoms with Crippen LogP contribution < -0.4 is 14.8 Å². The first-order valence-corrected chi connectivity index (χ1v) is 9.58. The van der Waals surface area contributed by atoms with Crippen LogP contribution in [0.4, 0.5) is 4.39 Å². The molecule has 1 N–H and O–H groups in total. The van der Waals surface area contributed by atoms with Gasteiger partial charge in [0.15, 0.2) is 0 Å². The lowest BCUT2D eigenvalue weighted by atomic mass is 9.97. The van der Waals surface area contributed by atoms with Crippen molar-refractivity contribution in [3.63, 3.8) is 0 Å². The Hall–Kier alpha value is -2.40. The van der Waals surface area contributed by atoms with Gasteiger partial charge in [-0.3, -0.25) is 0 Å². The molecule has 0 bridgehead atoms. The molecule has 1 aliphatic rings. The number of carbonyl (C=O) groups is 1. The van der Waals surface area contributed by atoms with Crippen LogP contribution in [0, 0.1) is 12.7 Å². The summed E-state index contributed by atoms with van der Waals surface area (Å²) in [6, 6.07) is 10.4. The molecule has 2 aromatic carbocycles. The number of hydrogen-bond donors (Lipinski definition) is 1. The Bertz CT molecular complexity index is 786. The Kier molecular flexibility index (Phi) is 6.45. The first kappa shape index (κ1) is 19.4. The number of hydrogen-bond acceptors (Lipinski definition) is 4. The molecule has 1 unspecified atom stereocenters. The van der Waals surface area contributed by atoms with Crippen LogP contribution in [0.1, 0.15) is 60.1 Å². The highest BCUT2D eigenvalue weighted by Gasteiger charge is 2.28. The fraction of sp³-hybridized carbons (Fsp3) is 0.409. The van der Waals surface area contributed by atoms with Crippen molar-refractivity contribution in [3.05, 3.63) is 58.9 Å². The standard InChI is InChI=1S/C22H26FNO3/c1-3-4-13-26-19-14-17(18-11-8-12-24-18)21(23)15(2)20(19)22(25)27-16-9-6-5-7-10-16/h5-7,9-10,14,18,24H,3-4,8,11-13H2,1-2H3. The Balaban J connectivity index is 1.96. The van der Waals surface area contributed by atoms with Crippen molar-refractivity contribution >= 4 is 5.97 Å². The largest absolute Gasteiger partial charge is 0.493 e. The van der Waals surface area contributed by atoms with E-state index in [1.54, 1.807) is 37.3 Å². The summed E-state index contributed by atoms with van der Waals surface area (Å²) in [6.45, 7) is 5.03. The summed E-state index contributed by atoms with van der Waals surface area (Å²) in [5, 5.41) is 3.31. The minimum atomic E-state index is -0.602. The third kappa shape index (κ3) is 4.48. The van der Waals surface area contributed by atoms with E-state index in [9.17, 15) is 4.79 Å². The molecule has 3 rings (SSSR count). The first-order chi connectivity index (χ1) is 13.1. The molecular weight excluding hydrogens is 345 g/mol. The number of carbonyl (C=O) groups excluding carboxylic acids is 1. The summed E-state index contributed by atoms with van der Waals surface area (Å²) < 4.78 is 26.4. The monoisotopic (exact) mass is 371 g/mol. The summed E-state index contributed by atoms with van der Waals surface area (Å²) >= 11 is 0. The average Bonchev–Trinajstić information content (AvgIpc) is 3.20. The molecule has 5 heteroatoms. The summed E-state index contributed by atoms with van der Waals surface area (Å²) in [4.78, 5) is 12.8. The van der Waals surface area contributed by atoms with E-state index in [0.29, 0.717) is 23.7 Å². The second kappa shape index (κ2) is 9.00. The lowest BCUT2D eigenvalue weighted by Gasteiger charge is -2.19. The van der Waals surface area contributed by atoms with Gasteiger partial charge in [-0.1, -0.05) is 31.5 Å². The maximum absolute atomic E-state index is 15.1. The maximum Gasteiger partial charge on any atom is 0.347 e. The molecule has 0 saturated carbocycles. The molecule has 1 heterocycles. The van der Waals surface area contributed by atoms with E-state index in [2.05, 4.69) is 12.2 Å². The Morgan fingerprint density at radius 1 is 1.30 bits per heavy atom. The van der Waals surface area contributed by atoms with Gasteiger partial charge in [-0.2, -0.15) is 0 Å². The Labute approximate surface area is 159 Å². The highest BCUT2D eigenvalue weighted by molar-refractivity contribution is 5.95. The summed E-state index contributed by atoms with van der Waals surface area (Å²) in [7, 11) is 0. The lowest BCUT2D eigenvalue weighted by Crippen LogP contribution is -2.19. The molecule has 1 fully saturated rings. The van der Waals surface area contributed by atoms with E-state index in [1.807, 2.05) is 6.07 Å². The van der Waals surface area contributed by atoms with Gasteiger partial charge in [-0.15, -0.1) is 0 Å². The summed E-state index contributed by atoms with van der Waals surface area (Å²) in [5.41, 5.74) is 0.996. The van der Waals surface area contributed by atoms with Crippen LogP contribution in [0.5, 0.6) is 11.5 Å². The molecule has 0 spiro atoms. The van der Waals surface area contributed by atoms with Gasteiger partial charge in [0.05, 0.1) is 6.61 Å². The molecule has 0 amide bonds. The zero-order valence-corrected chi connectivity index (χ0v) is 15.9. The lowest BCUT2D eigenvalue weighted by molar-refractivity contribution is 0.0728. The first-order valence-electron chi connectivity index (χ1n) is 9.58. The zero-order valence-electron chi connectivity index (χ0n) is 15.9. The van der Waals surface area contributed by atoms with Crippen molar-refractivity contribution in [2.75, 3.05) is 13.2 Å². The Morgan fingerprint density at radius 2 is 2.07 bits per heavy atom. The molecule has 1 aliphatic heterocycles. The van der Waals surface area contributed by atoms with Gasteiger partial charge in [0.2, 0.25) is 0 Å². The van der Waals surface area contributed by atoms with Gasteiger partial charge < -0.3 is 14.8 Å². The Morgan fingerprint density at radius 3 is 2.74 bits per heavy atom. The van der Waals surface area contributed by atoms with Gasteiger partial charge in [0, 0.05) is 17.2 Å². The van der Waals surface area contributed by atoms with Gasteiger partial charge >= 0.3 is 5.97 Å². The molecule has 0 aliphatic carbocycles. The quantitative estimate of drug-likeness (QED) is 0.425. The number of esters is 1. The number of ether oxygens (including phenoxy) is 2. The molecule has 1 saturated heterocycles. The van der Waals surface area contributed by atoms with E-state index in [0.717, 1.165) is 32.2 Å². The van der Waals surface area contributed by atoms with Crippen LogP contribution >= 0.6 is 0 Å². The van der Waals surface area contributed by atoms with Crippen molar-refractivity contribution in [1.29, 1.82) is 0 Å². The normalized spacial score (nSPS) is 16.3. The highest BCUT2D eigenvalue weighted by atomic mass is 19.1. The average molecular weight is 371 g/mol. The maximum atomic E-state index is 15.1. The molecular formula is C22H26FNO3. The molecule has 0 radical (unpaired) electrons. The van der Waals surface area contributed by atoms with Crippen molar-refractivity contribution in [1.82, 2.24) is 5.32 Å². The fourth-order valence-electron chi connectivity index (χ4n) is 3.33. The smallest absolute Gasteiger partial charge is 0.347 e. The molecule has 4 nitrogen and oxygen atoms in total. The van der Waals surface area contributed by atoms with Crippen LogP contribution in [-0.4, -0.2) is 19.1 Å². The molecule has 27 heavy (non-hydrogen) atoms. The summed E-state index contributed by atoms with van der Waals surface area (Å²) in [5.74, 6) is -0.150. The van der Waals surface area contributed by atoms with E-state index in [-0.39, 0.29) is 23.0 Å². The second-order valence-corrected chi connectivity index (χ2v) is 6.83. The van der Waals surface area contributed by atoms with Crippen molar-refractivity contribution < 1.29 is 18.7 Å². The van der Waals surface area contributed by atoms with Crippen molar-refractivity contribution in [3.8, 4) is 11.5 Å². The highest BCUT2D eigenvalue weighted by Crippen LogP contribution is 2.35. The molecule has 2 aromatic rings. The van der Waals surface area contributed by atoms with Crippen molar-refractivity contribution in [2.24, 2.45) is 0 Å². The van der Waals surface area contributed by atoms with Gasteiger partial charge in [-0.05, 0) is 50.9 Å². The third-order valence-electron chi connectivity index (χ3n) is 4.84. The van der Waals surface area contributed by atoms with Crippen LogP contribution in [0.3, 0.4) is 0 Å². The summed E-state index contributed by atoms with van der Waals surface area (Å²) in [6.07, 6.45) is 3.72. The van der Waals surface area contributed by atoms with Crippen LogP contribution in [0.25, 0.3) is 0 Å². The van der Waals surface area contributed by atoms with E-state index in [1.165, 1.54) is 0 Å². The van der Waals surface area contributed by atoms with E-state index in [4.69, 9.17) is 9.47 Å². The van der Waals surface area contributed by atoms with Crippen LogP contribution in [-0.2, 0) is 0 Å². The van der Waals surface area contributed by atoms with Gasteiger partial charge in [0.25, 0.3) is 0 Å². The molecule has 0 aromatic heterocycles. The predicted octanol–water partition coefficient (Wildman–Crippen LogP) is 4.96. The number of rotatable bonds is 7. The van der Waals surface area contributed by atoms with Crippen LogP contribution in [0.2, 0.25) is 0 Å². The molecule has 1 atom stereocenters. The zero-order chi connectivity index (χ0) is 19.2. The van der Waals surface area contributed by atoms with Crippen molar-refractivity contribution in [2.45, 2.75) is 45.6 Å². The number of unbranched alkanes of at least 4 members (excludes halogenated alkanes) is 1. The molecule has 144 valence electrons.